The Bertz CT molecular complexity index is 1530. The summed E-state index contributed by atoms with van der Waals surface area (Å²) in [4.78, 5) is 27.9. The van der Waals surface area contributed by atoms with Crippen molar-refractivity contribution in [2.45, 2.75) is 221 Å². The van der Waals surface area contributed by atoms with Crippen molar-refractivity contribution in [3.8, 4) is 0 Å². The molecule has 0 saturated carbocycles. The van der Waals surface area contributed by atoms with Gasteiger partial charge in [-0.15, -0.1) is 0 Å². The van der Waals surface area contributed by atoms with Crippen molar-refractivity contribution in [3.63, 3.8) is 0 Å². The third-order valence-electron chi connectivity index (χ3n) is 12.6. The zero-order valence-corrected chi connectivity index (χ0v) is 47.9. The second kappa shape index (κ2) is 32.9. The average molecular weight is 1040 g/mol. The van der Waals surface area contributed by atoms with E-state index in [1.165, 1.54) is 0 Å². The van der Waals surface area contributed by atoms with E-state index in [4.69, 9.17) is 66.3 Å². The predicted molar refractivity (Wildman–Crippen MR) is 281 cm³/mol. The maximum Gasteiger partial charge on any atom is 0.335 e. The van der Waals surface area contributed by atoms with Gasteiger partial charge in [-0.05, 0) is 89.2 Å². The molecule has 0 spiro atoms. The van der Waals surface area contributed by atoms with Crippen molar-refractivity contribution in [2.24, 2.45) is 5.41 Å². The molecular formula is C57H100O16. The molecule has 4 unspecified atom stereocenters. The van der Waals surface area contributed by atoms with Crippen molar-refractivity contribution in [3.05, 3.63) is 49.0 Å². The van der Waals surface area contributed by atoms with E-state index < -0.39 is 63.9 Å². The molecule has 0 saturated heterocycles. The Kier molecular flexibility index (Phi) is 30.0. The maximum absolute atomic E-state index is 13.9. The summed E-state index contributed by atoms with van der Waals surface area (Å²) in [5.41, 5.74) is -5.97. The summed E-state index contributed by atoms with van der Waals surface area (Å²) in [5, 5.41) is 0. The molecule has 2 rings (SSSR count). The van der Waals surface area contributed by atoms with Gasteiger partial charge in [-0.25, -0.2) is 9.59 Å². The third-order valence-corrected chi connectivity index (χ3v) is 12.6. The lowest BCUT2D eigenvalue weighted by Crippen LogP contribution is -2.88. The Morgan fingerprint density at radius 1 is 0.411 bits per heavy atom. The second-order valence-corrected chi connectivity index (χ2v) is 19.0. The fourth-order valence-corrected chi connectivity index (χ4v) is 9.61. The number of rotatable bonds is 42. The molecule has 0 fully saturated rings. The van der Waals surface area contributed by atoms with Crippen LogP contribution in [0.15, 0.2) is 49.0 Å². The zero-order chi connectivity index (χ0) is 54.7. The summed E-state index contributed by atoms with van der Waals surface area (Å²) in [6, 6.07) is 0. The minimum Gasteiger partial charge on any atom is -0.425 e. The number of carbonyl (C=O) groups excluding carboxylic acids is 2. The number of ether oxygens (including phenoxy) is 14. The van der Waals surface area contributed by atoms with Gasteiger partial charge in [0.05, 0.1) is 52.9 Å². The van der Waals surface area contributed by atoms with Crippen LogP contribution in [0.25, 0.3) is 0 Å². The highest BCUT2D eigenvalue weighted by molar-refractivity contribution is 5.82. The summed E-state index contributed by atoms with van der Waals surface area (Å²) in [6.45, 7) is 36.7. The van der Waals surface area contributed by atoms with Crippen LogP contribution >= 0.6 is 0 Å². The first-order valence-corrected chi connectivity index (χ1v) is 27.9. The molecule has 424 valence electrons. The zero-order valence-electron chi connectivity index (χ0n) is 47.9. The van der Waals surface area contributed by atoms with Crippen LogP contribution in [0.4, 0.5) is 0 Å². The Labute approximate surface area is 440 Å². The van der Waals surface area contributed by atoms with Gasteiger partial charge in [0.25, 0.3) is 23.1 Å². The molecule has 73 heavy (non-hydrogen) atoms. The van der Waals surface area contributed by atoms with Crippen LogP contribution in [-0.4, -0.2) is 138 Å². The average Bonchev–Trinajstić information content (AvgIpc) is 3.39. The van der Waals surface area contributed by atoms with Gasteiger partial charge in [0.2, 0.25) is 0 Å². The van der Waals surface area contributed by atoms with Crippen LogP contribution in [0, 0.1) is 5.41 Å². The fraction of sp³-hybridized carbons (Fsp3) is 0.825. The first-order chi connectivity index (χ1) is 35.1. The van der Waals surface area contributed by atoms with Gasteiger partial charge in [0.15, 0.2) is 23.4 Å². The highest BCUT2D eigenvalue weighted by atomic mass is 16.8. The van der Waals surface area contributed by atoms with Crippen molar-refractivity contribution in [1.29, 1.82) is 0 Å². The number of hydrogen-bond donors (Lipinski definition) is 0. The number of esters is 2. The molecule has 0 N–H and O–H groups in total. The topological polar surface area (TPSA) is 163 Å². The van der Waals surface area contributed by atoms with Crippen LogP contribution in [0.3, 0.4) is 0 Å². The van der Waals surface area contributed by atoms with Crippen LogP contribution < -0.4 is 0 Å². The van der Waals surface area contributed by atoms with E-state index >= 15 is 0 Å². The molecule has 4 atom stereocenters. The number of carbonyl (C=O) groups is 2. The smallest absolute Gasteiger partial charge is 0.335 e. The minimum absolute atomic E-state index is 0.0104. The van der Waals surface area contributed by atoms with Gasteiger partial charge in [0.1, 0.15) is 11.5 Å². The Morgan fingerprint density at radius 2 is 0.644 bits per heavy atom. The van der Waals surface area contributed by atoms with Gasteiger partial charge in [-0.2, -0.15) is 0 Å². The van der Waals surface area contributed by atoms with E-state index in [0.29, 0.717) is 77.0 Å². The van der Waals surface area contributed by atoms with E-state index in [1.54, 1.807) is 12.2 Å². The van der Waals surface area contributed by atoms with Gasteiger partial charge >= 0.3 is 11.9 Å². The summed E-state index contributed by atoms with van der Waals surface area (Å²) < 4.78 is 101. The molecule has 0 amide bonds. The predicted octanol–water partition coefficient (Wildman–Crippen LogP) is 11.4. The van der Waals surface area contributed by atoms with E-state index in [-0.39, 0.29) is 90.8 Å². The van der Waals surface area contributed by atoms with Gasteiger partial charge in [-0.1, -0.05) is 110 Å². The lowest BCUT2D eigenvalue weighted by atomic mass is 9.51. The lowest BCUT2D eigenvalue weighted by Gasteiger charge is -2.70. The van der Waals surface area contributed by atoms with Crippen molar-refractivity contribution >= 4 is 11.9 Å². The molecule has 0 aromatic heterocycles. The minimum atomic E-state index is -2.19. The van der Waals surface area contributed by atoms with Crippen LogP contribution in [0.2, 0.25) is 0 Å². The SMILES string of the molecule is C=CC(=O)OC1=CC(OCCC)(C(C)(C)C2(OCCC)C=C(OC(=O)C=C)C(OCCC)C(OCCC)(OCCC)C2(OCCC)OCCC)C(OCCC)(OCCC)C(OCCC)(OCCC)C1OCCC. The second-order valence-electron chi connectivity index (χ2n) is 19.0. The fourth-order valence-electron chi connectivity index (χ4n) is 9.61. The Balaban J connectivity index is 4.05. The van der Waals surface area contributed by atoms with E-state index in [0.717, 1.165) is 12.2 Å². The van der Waals surface area contributed by atoms with E-state index in [2.05, 4.69) is 13.2 Å². The molecule has 0 radical (unpaired) electrons. The van der Waals surface area contributed by atoms with Gasteiger partial charge < -0.3 is 66.3 Å². The van der Waals surface area contributed by atoms with Crippen molar-refractivity contribution < 1.29 is 75.9 Å². The standard InChI is InChI=1S/C57H100O16/c1-17-31-60-49-45(72-47(58)29-13)43-52(62-33-19-3,56(68-39-25-9,69-40-26-10)54(49,64-35-21-5)65-36-22-6)51(15,16)53(63-34-20-4)44-46(73-48(59)30-14)50(61-32-18-2)55(66-37-23-7,67-38-24-8)57(53,70-41-27-11)71-42-28-12/h29-30,43-44,49-50H,13-14,17-28,31-42H2,1-12,15-16H3. The molecule has 0 heterocycles. The normalized spacial score (nSPS) is 23.1. The Hall–Kier alpha value is -2.58. The van der Waals surface area contributed by atoms with Crippen molar-refractivity contribution in [2.75, 3.05) is 79.3 Å². The highest BCUT2D eigenvalue weighted by Crippen LogP contribution is 2.67. The van der Waals surface area contributed by atoms with Crippen LogP contribution in [0.1, 0.15) is 174 Å². The van der Waals surface area contributed by atoms with Gasteiger partial charge in [-0.3, -0.25) is 0 Å². The molecule has 2 aliphatic carbocycles. The molecule has 0 aromatic carbocycles. The molecule has 0 bridgehead atoms. The summed E-state index contributed by atoms with van der Waals surface area (Å²) in [7, 11) is 0. The van der Waals surface area contributed by atoms with E-state index in [9.17, 15) is 9.59 Å². The molecule has 0 aromatic rings. The molecular weight excluding hydrogens is 941 g/mol. The monoisotopic (exact) mass is 1040 g/mol. The summed E-state index contributed by atoms with van der Waals surface area (Å²) in [5.74, 6) is -10.2. The quantitative estimate of drug-likeness (QED) is 0.0322. The highest BCUT2D eigenvalue weighted by Gasteiger charge is 2.87. The van der Waals surface area contributed by atoms with Gasteiger partial charge in [0, 0.05) is 44.0 Å². The van der Waals surface area contributed by atoms with Crippen LogP contribution in [-0.2, 0) is 75.9 Å². The van der Waals surface area contributed by atoms with E-state index in [1.807, 2.05) is 96.9 Å². The molecule has 2 aliphatic rings. The number of hydrogen-bond acceptors (Lipinski definition) is 16. The Morgan fingerprint density at radius 3 is 0.877 bits per heavy atom. The summed E-state index contributed by atoms with van der Waals surface area (Å²) >= 11 is 0. The molecule has 0 aliphatic heterocycles. The third kappa shape index (κ3) is 13.8. The largest absolute Gasteiger partial charge is 0.425 e. The van der Waals surface area contributed by atoms with Crippen LogP contribution in [0.5, 0.6) is 0 Å². The van der Waals surface area contributed by atoms with Crippen molar-refractivity contribution in [1.82, 2.24) is 0 Å². The maximum atomic E-state index is 13.9. The molecule has 16 nitrogen and oxygen atoms in total. The first-order valence-electron chi connectivity index (χ1n) is 27.9. The molecule has 16 heteroatoms. The first kappa shape index (κ1) is 66.5. The summed E-state index contributed by atoms with van der Waals surface area (Å²) in [6.07, 6.45) is 9.28. The lowest BCUT2D eigenvalue weighted by molar-refractivity contribution is -0.512.